The summed E-state index contributed by atoms with van der Waals surface area (Å²) in [5.74, 6) is 0.552. The van der Waals surface area contributed by atoms with Gasteiger partial charge in [-0.05, 0) is 31.2 Å². The van der Waals surface area contributed by atoms with Gasteiger partial charge >= 0.3 is 0 Å². The summed E-state index contributed by atoms with van der Waals surface area (Å²) in [6.07, 6.45) is 0. The van der Waals surface area contributed by atoms with Gasteiger partial charge < -0.3 is 15.8 Å². The second-order valence-electron chi connectivity index (χ2n) is 4.73. The number of nitrogens with zero attached hydrogens (tertiary/aromatic N) is 2. The summed E-state index contributed by atoms with van der Waals surface area (Å²) in [4.78, 5) is 11.4. The van der Waals surface area contributed by atoms with Crippen molar-refractivity contribution < 1.29 is 9.53 Å². The first-order chi connectivity index (χ1) is 9.67. The van der Waals surface area contributed by atoms with Crippen LogP contribution in [-0.2, 0) is 11.3 Å². The quantitative estimate of drug-likeness (QED) is 0.878. The average molecular weight is 272 g/mol. The lowest BCUT2D eigenvalue weighted by Crippen LogP contribution is -2.25. The van der Waals surface area contributed by atoms with Crippen LogP contribution in [0.15, 0.2) is 24.3 Å². The van der Waals surface area contributed by atoms with Crippen LogP contribution in [0, 0.1) is 6.92 Å². The highest BCUT2D eigenvalue weighted by atomic mass is 16.5. The van der Waals surface area contributed by atoms with Crippen molar-refractivity contribution in [3.05, 3.63) is 30.0 Å². The molecule has 104 valence electrons. The fraction of sp³-hybridized carbons (Fsp3) is 0.286. The van der Waals surface area contributed by atoms with Crippen LogP contribution in [0.5, 0.6) is 5.75 Å². The minimum absolute atomic E-state index is 0.0660. The molecule has 3 rings (SSSR count). The molecule has 2 aromatic rings. The second kappa shape index (κ2) is 4.97. The Morgan fingerprint density at radius 3 is 3.10 bits per heavy atom. The minimum atomic E-state index is -0.138. The SMILES string of the molecule is Cc1cc(-c2ccc3c(c2)NC(=O)CO3)n(CCN)n1. The maximum atomic E-state index is 11.4. The van der Waals surface area contributed by atoms with Gasteiger partial charge in [0.2, 0.25) is 0 Å². The molecular formula is C14H16N4O2. The number of aromatic nitrogens is 2. The molecule has 0 spiro atoms. The van der Waals surface area contributed by atoms with Crippen LogP contribution in [0.1, 0.15) is 5.69 Å². The fourth-order valence-electron chi connectivity index (χ4n) is 2.31. The van der Waals surface area contributed by atoms with Crippen molar-refractivity contribution in [3.8, 4) is 17.0 Å². The number of carbonyl (C=O) groups is 1. The van der Waals surface area contributed by atoms with E-state index >= 15 is 0 Å². The number of hydrogen-bond acceptors (Lipinski definition) is 4. The van der Waals surface area contributed by atoms with E-state index in [-0.39, 0.29) is 12.5 Å². The van der Waals surface area contributed by atoms with E-state index in [0.29, 0.717) is 24.5 Å². The third-order valence-corrected chi connectivity index (χ3v) is 3.15. The van der Waals surface area contributed by atoms with Crippen LogP contribution in [0.2, 0.25) is 0 Å². The Morgan fingerprint density at radius 1 is 1.45 bits per heavy atom. The third kappa shape index (κ3) is 2.25. The molecule has 3 N–H and O–H groups in total. The first-order valence-electron chi connectivity index (χ1n) is 6.49. The molecule has 1 aliphatic heterocycles. The number of hydrogen-bond donors (Lipinski definition) is 2. The Labute approximate surface area is 116 Å². The largest absolute Gasteiger partial charge is 0.482 e. The standard InChI is InChI=1S/C14H16N4O2/c1-9-6-12(18(17-9)5-4-15)10-2-3-13-11(7-10)16-14(19)8-20-13/h2-3,6-7H,4-5,8,15H2,1H3,(H,16,19). The average Bonchev–Trinajstić information content (AvgIpc) is 2.79. The van der Waals surface area contributed by atoms with Crippen LogP contribution < -0.4 is 15.8 Å². The molecule has 1 aliphatic rings. The minimum Gasteiger partial charge on any atom is -0.482 e. The second-order valence-corrected chi connectivity index (χ2v) is 4.73. The van der Waals surface area contributed by atoms with Gasteiger partial charge in [0.05, 0.1) is 23.6 Å². The molecule has 0 saturated heterocycles. The first kappa shape index (κ1) is 12.7. The molecular weight excluding hydrogens is 256 g/mol. The highest BCUT2D eigenvalue weighted by Gasteiger charge is 2.17. The Bertz CT molecular complexity index is 663. The van der Waals surface area contributed by atoms with Crippen LogP contribution in [0.25, 0.3) is 11.3 Å². The highest BCUT2D eigenvalue weighted by Crippen LogP contribution is 2.32. The predicted molar refractivity (Wildman–Crippen MR) is 75.6 cm³/mol. The Morgan fingerprint density at radius 2 is 2.30 bits per heavy atom. The van der Waals surface area contributed by atoms with Gasteiger partial charge in [-0.3, -0.25) is 9.48 Å². The molecule has 6 nitrogen and oxygen atoms in total. The molecule has 0 saturated carbocycles. The van der Waals surface area contributed by atoms with Crippen LogP contribution in [0.3, 0.4) is 0 Å². The predicted octanol–water partition coefficient (Wildman–Crippen LogP) is 1.15. The fourth-order valence-corrected chi connectivity index (χ4v) is 2.31. The summed E-state index contributed by atoms with van der Waals surface area (Å²) in [7, 11) is 0. The number of rotatable bonds is 3. The molecule has 1 aromatic heterocycles. The smallest absolute Gasteiger partial charge is 0.262 e. The van der Waals surface area contributed by atoms with Gasteiger partial charge in [0, 0.05) is 12.1 Å². The molecule has 0 bridgehead atoms. The number of ether oxygens (including phenoxy) is 1. The summed E-state index contributed by atoms with van der Waals surface area (Å²) in [5, 5.41) is 7.23. The van der Waals surface area contributed by atoms with Gasteiger partial charge in [-0.1, -0.05) is 0 Å². The zero-order valence-electron chi connectivity index (χ0n) is 11.2. The molecule has 2 heterocycles. The molecule has 20 heavy (non-hydrogen) atoms. The highest BCUT2D eigenvalue weighted by molar-refractivity contribution is 5.96. The molecule has 0 aliphatic carbocycles. The number of nitrogens with one attached hydrogen (secondary N) is 1. The Balaban J connectivity index is 2.02. The van der Waals surface area contributed by atoms with E-state index in [1.807, 2.05) is 35.9 Å². The lowest BCUT2D eigenvalue weighted by atomic mass is 10.1. The summed E-state index contributed by atoms with van der Waals surface area (Å²) >= 11 is 0. The number of benzene rings is 1. The van der Waals surface area contributed by atoms with Crippen molar-refractivity contribution >= 4 is 11.6 Å². The molecule has 0 atom stereocenters. The lowest BCUT2D eigenvalue weighted by molar-refractivity contribution is -0.118. The van der Waals surface area contributed by atoms with Crippen molar-refractivity contribution in [1.82, 2.24) is 9.78 Å². The van der Waals surface area contributed by atoms with Crippen molar-refractivity contribution in [2.24, 2.45) is 5.73 Å². The van der Waals surface area contributed by atoms with Gasteiger partial charge in [0.1, 0.15) is 5.75 Å². The molecule has 1 amide bonds. The van der Waals surface area contributed by atoms with E-state index < -0.39 is 0 Å². The number of fused-ring (bicyclic) bond motifs is 1. The molecule has 6 heteroatoms. The molecule has 0 unspecified atom stereocenters. The van der Waals surface area contributed by atoms with E-state index in [0.717, 1.165) is 17.0 Å². The van der Waals surface area contributed by atoms with Gasteiger partial charge in [-0.2, -0.15) is 5.10 Å². The molecule has 1 aromatic carbocycles. The van der Waals surface area contributed by atoms with E-state index in [1.54, 1.807) is 0 Å². The number of carbonyl (C=O) groups excluding carboxylic acids is 1. The zero-order valence-corrected chi connectivity index (χ0v) is 11.2. The zero-order chi connectivity index (χ0) is 14.1. The van der Waals surface area contributed by atoms with Crippen LogP contribution in [0.4, 0.5) is 5.69 Å². The summed E-state index contributed by atoms with van der Waals surface area (Å²) < 4.78 is 7.23. The summed E-state index contributed by atoms with van der Waals surface area (Å²) in [6.45, 7) is 3.19. The van der Waals surface area contributed by atoms with E-state index in [1.165, 1.54) is 0 Å². The topological polar surface area (TPSA) is 82.2 Å². The van der Waals surface area contributed by atoms with E-state index in [2.05, 4.69) is 10.4 Å². The van der Waals surface area contributed by atoms with Gasteiger partial charge in [-0.25, -0.2) is 0 Å². The Hall–Kier alpha value is -2.34. The van der Waals surface area contributed by atoms with Crippen molar-refractivity contribution in [2.75, 3.05) is 18.5 Å². The van der Waals surface area contributed by atoms with Crippen molar-refractivity contribution in [3.63, 3.8) is 0 Å². The molecule has 0 fully saturated rings. The first-order valence-corrected chi connectivity index (χ1v) is 6.49. The van der Waals surface area contributed by atoms with Crippen molar-refractivity contribution in [2.45, 2.75) is 13.5 Å². The number of nitrogens with two attached hydrogens (primary N) is 1. The van der Waals surface area contributed by atoms with Gasteiger partial charge in [0.15, 0.2) is 6.61 Å². The summed E-state index contributed by atoms with van der Waals surface area (Å²) in [6, 6.07) is 7.72. The molecule has 0 radical (unpaired) electrons. The lowest BCUT2D eigenvalue weighted by Gasteiger charge is -2.18. The van der Waals surface area contributed by atoms with E-state index in [9.17, 15) is 4.79 Å². The van der Waals surface area contributed by atoms with Crippen LogP contribution >= 0.6 is 0 Å². The van der Waals surface area contributed by atoms with Crippen LogP contribution in [-0.4, -0.2) is 28.8 Å². The van der Waals surface area contributed by atoms with E-state index in [4.69, 9.17) is 10.5 Å². The third-order valence-electron chi connectivity index (χ3n) is 3.15. The number of amides is 1. The van der Waals surface area contributed by atoms with Gasteiger partial charge in [0.25, 0.3) is 5.91 Å². The van der Waals surface area contributed by atoms with Gasteiger partial charge in [-0.15, -0.1) is 0 Å². The Kier molecular flexibility index (Phi) is 3.15. The number of aryl methyl sites for hydroxylation is 1. The number of anilines is 1. The van der Waals surface area contributed by atoms with Crippen molar-refractivity contribution in [1.29, 1.82) is 0 Å². The monoisotopic (exact) mass is 272 g/mol. The summed E-state index contributed by atoms with van der Waals surface area (Å²) in [5.41, 5.74) is 9.19. The maximum absolute atomic E-state index is 11.4. The maximum Gasteiger partial charge on any atom is 0.262 e. The normalized spacial score (nSPS) is 13.6.